The van der Waals surface area contributed by atoms with E-state index < -0.39 is 51.6 Å². The molecule has 0 amide bonds. The summed E-state index contributed by atoms with van der Waals surface area (Å²) in [7, 11) is -4.39. The summed E-state index contributed by atoms with van der Waals surface area (Å²) in [5.41, 5.74) is 0.494. The molecule has 13 nitrogen and oxygen atoms in total. The second-order valence-corrected chi connectivity index (χ2v) is 13.7. The Labute approximate surface area is 258 Å². The number of aromatic nitrogens is 1. The van der Waals surface area contributed by atoms with Crippen LogP contribution in [-0.4, -0.2) is 75.2 Å². The van der Waals surface area contributed by atoms with Crippen molar-refractivity contribution in [1.82, 2.24) is 8.87 Å². The highest BCUT2D eigenvalue weighted by Crippen LogP contribution is 2.37. The fourth-order valence-electron chi connectivity index (χ4n) is 4.58. The Morgan fingerprint density at radius 3 is 1.77 bits per heavy atom. The maximum atomic E-state index is 13.7. The van der Waals surface area contributed by atoms with Crippen molar-refractivity contribution < 1.29 is 46.1 Å². The zero-order valence-corrected chi connectivity index (χ0v) is 26.1. The second-order valence-electron chi connectivity index (χ2n) is 9.45. The molecule has 0 aliphatic rings. The molecule has 16 heteroatoms. The molecule has 234 valence electrons. The minimum Gasteiger partial charge on any atom is -0.497 e. The predicted molar refractivity (Wildman–Crippen MR) is 161 cm³/mol. The number of anilines is 1. The first-order valence-electron chi connectivity index (χ1n) is 12.7. The van der Waals surface area contributed by atoms with E-state index in [0.29, 0.717) is 15.8 Å². The van der Waals surface area contributed by atoms with Crippen LogP contribution in [0.25, 0.3) is 10.9 Å². The van der Waals surface area contributed by atoms with Gasteiger partial charge in [0.25, 0.3) is 10.0 Å². The fourth-order valence-corrected chi connectivity index (χ4v) is 7.67. The molecule has 4 aromatic rings. The Morgan fingerprint density at radius 2 is 1.30 bits per heavy atom. The average molecular weight is 666 g/mol. The number of aliphatic carboxylic acids is 2. The molecule has 0 spiro atoms. The van der Waals surface area contributed by atoms with E-state index in [9.17, 15) is 36.6 Å². The largest absolute Gasteiger partial charge is 0.497 e. The van der Waals surface area contributed by atoms with Crippen LogP contribution in [0.1, 0.15) is 5.69 Å². The van der Waals surface area contributed by atoms with Gasteiger partial charge in [0, 0.05) is 18.1 Å². The first kappa shape index (κ1) is 32.6. The number of sulfonamides is 2. The number of rotatable bonds is 13. The monoisotopic (exact) mass is 665 g/mol. The first-order chi connectivity index (χ1) is 20.7. The number of nitrogens with zero attached hydrogens (tertiary/aromatic N) is 3. The standard InChI is InChI=1S/C28H28ClN3O10S2/c1-30-18(15-31(16-26(33)34)43(37,38)21-8-4-19(41-2)5-9-21)14-23-25(13-12-24(29)28(23)30)32(17-27(35)36)44(39,40)22-10-6-20(42-3)7-11-22/h4-14H,15-17H2,1-3H3,(H,33,34)(H,35,36). The molecule has 0 aliphatic heterocycles. The first-order valence-corrected chi connectivity index (χ1v) is 16.0. The van der Waals surface area contributed by atoms with Gasteiger partial charge in [-0.05, 0) is 66.7 Å². The molecular weight excluding hydrogens is 638 g/mol. The third-order valence-corrected chi connectivity index (χ3v) is 10.6. The molecule has 0 saturated carbocycles. The molecule has 4 rings (SSSR count). The van der Waals surface area contributed by atoms with Crippen molar-refractivity contribution in [3.05, 3.63) is 77.4 Å². The van der Waals surface area contributed by atoms with Gasteiger partial charge in [-0.1, -0.05) is 11.6 Å². The van der Waals surface area contributed by atoms with Gasteiger partial charge < -0.3 is 24.3 Å². The predicted octanol–water partition coefficient (Wildman–Crippen LogP) is 3.40. The maximum Gasteiger partial charge on any atom is 0.324 e. The number of aryl methyl sites for hydroxylation is 1. The van der Waals surface area contributed by atoms with E-state index in [1.807, 2.05) is 0 Å². The molecule has 0 saturated heterocycles. The number of benzene rings is 3. The van der Waals surface area contributed by atoms with E-state index in [0.717, 1.165) is 4.31 Å². The van der Waals surface area contributed by atoms with E-state index in [1.165, 1.54) is 85.5 Å². The molecule has 0 unspecified atom stereocenters. The summed E-state index contributed by atoms with van der Waals surface area (Å²) in [6, 6.07) is 15.0. The van der Waals surface area contributed by atoms with Crippen molar-refractivity contribution in [2.24, 2.45) is 7.05 Å². The third kappa shape index (κ3) is 6.45. The van der Waals surface area contributed by atoms with E-state index in [-0.39, 0.29) is 37.1 Å². The molecule has 0 atom stereocenters. The summed E-state index contributed by atoms with van der Waals surface area (Å²) >= 11 is 6.50. The molecule has 0 fully saturated rings. The highest BCUT2D eigenvalue weighted by atomic mass is 35.5. The van der Waals surface area contributed by atoms with Crippen LogP contribution in [0.15, 0.2) is 76.5 Å². The Balaban J connectivity index is 1.85. The summed E-state index contributed by atoms with van der Waals surface area (Å²) in [6.45, 7) is -2.26. The van der Waals surface area contributed by atoms with Crippen molar-refractivity contribution in [2.45, 2.75) is 16.3 Å². The lowest BCUT2D eigenvalue weighted by Crippen LogP contribution is -2.36. The van der Waals surface area contributed by atoms with Crippen LogP contribution >= 0.6 is 11.6 Å². The minimum absolute atomic E-state index is 0.0349. The van der Waals surface area contributed by atoms with Crippen LogP contribution < -0.4 is 13.8 Å². The van der Waals surface area contributed by atoms with E-state index in [4.69, 9.17) is 21.1 Å². The summed E-state index contributed by atoms with van der Waals surface area (Å²) in [5.74, 6) is -2.04. The lowest BCUT2D eigenvalue weighted by molar-refractivity contribution is -0.137. The van der Waals surface area contributed by atoms with Crippen molar-refractivity contribution in [3.63, 3.8) is 0 Å². The van der Waals surface area contributed by atoms with Crippen molar-refractivity contribution in [3.8, 4) is 11.5 Å². The van der Waals surface area contributed by atoms with Gasteiger partial charge in [0.2, 0.25) is 10.0 Å². The quantitative estimate of drug-likeness (QED) is 0.216. The number of hydrogen-bond acceptors (Lipinski definition) is 8. The number of carboxylic acid groups (broad SMARTS) is 2. The van der Waals surface area contributed by atoms with Crippen LogP contribution in [0.5, 0.6) is 11.5 Å². The van der Waals surface area contributed by atoms with Gasteiger partial charge in [-0.2, -0.15) is 4.31 Å². The van der Waals surface area contributed by atoms with E-state index in [1.54, 1.807) is 7.05 Å². The number of hydrogen-bond donors (Lipinski definition) is 2. The number of halogens is 1. The van der Waals surface area contributed by atoms with E-state index in [2.05, 4.69) is 0 Å². The van der Waals surface area contributed by atoms with Crippen LogP contribution in [-0.2, 0) is 43.2 Å². The minimum atomic E-state index is -4.44. The SMILES string of the molecule is COc1ccc(S(=O)(=O)N(CC(=O)O)Cc2cc3c(N(CC(=O)O)S(=O)(=O)c4ccc(OC)cc4)ccc(Cl)c3n2C)cc1. The summed E-state index contributed by atoms with van der Waals surface area (Å²) < 4.78 is 67.6. The van der Waals surface area contributed by atoms with Crippen molar-refractivity contribution in [1.29, 1.82) is 0 Å². The van der Waals surface area contributed by atoms with Crippen LogP contribution in [0.2, 0.25) is 5.02 Å². The number of carboxylic acids is 2. The molecule has 2 N–H and O–H groups in total. The van der Waals surface area contributed by atoms with E-state index >= 15 is 0 Å². The Bertz CT molecular complexity index is 1920. The highest BCUT2D eigenvalue weighted by Gasteiger charge is 2.32. The van der Waals surface area contributed by atoms with Gasteiger partial charge in [-0.25, -0.2) is 16.8 Å². The van der Waals surface area contributed by atoms with Crippen molar-refractivity contribution >= 4 is 60.2 Å². The molecule has 44 heavy (non-hydrogen) atoms. The third-order valence-electron chi connectivity index (χ3n) is 6.76. The molecule has 0 bridgehead atoms. The average Bonchev–Trinajstić information content (AvgIpc) is 3.32. The van der Waals surface area contributed by atoms with Gasteiger partial charge in [0.05, 0.1) is 46.8 Å². The lowest BCUT2D eigenvalue weighted by Gasteiger charge is -2.24. The van der Waals surface area contributed by atoms with Crippen LogP contribution in [0.4, 0.5) is 5.69 Å². The van der Waals surface area contributed by atoms with Crippen molar-refractivity contribution in [2.75, 3.05) is 31.6 Å². The Hall–Kier alpha value is -4.31. The lowest BCUT2D eigenvalue weighted by atomic mass is 10.2. The van der Waals surface area contributed by atoms with Crippen LogP contribution in [0.3, 0.4) is 0 Å². The molecule has 1 heterocycles. The Morgan fingerprint density at radius 1 is 0.795 bits per heavy atom. The van der Waals surface area contributed by atoms with Gasteiger partial charge in [-0.15, -0.1) is 0 Å². The normalized spacial score (nSPS) is 11.9. The highest BCUT2D eigenvalue weighted by molar-refractivity contribution is 7.93. The van der Waals surface area contributed by atoms with Gasteiger partial charge >= 0.3 is 11.9 Å². The topological polar surface area (TPSA) is 173 Å². The maximum absolute atomic E-state index is 13.7. The second kappa shape index (κ2) is 12.7. The van der Waals surface area contributed by atoms with Crippen LogP contribution in [0, 0.1) is 0 Å². The zero-order chi connectivity index (χ0) is 32.4. The fraction of sp³-hybridized carbons (Fsp3) is 0.214. The molecular formula is C28H28ClN3O10S2. The van der Waals surface area contributed by atoms with Gasteiger partial charge in [-0.3, -0.25) is 13.9 Å². The van der Waals surface area contributed by atoms with Gasteiger partial charge in [0.1, 0.15) is 24.6 Å². The number of fused-ring (bicyclic) bond motifs is 1. The molecule has 1 aromatic heterocycles. The number of methoxy groups -OCH3 is 2. The molecule has 0 radical (unpaired) electrons. The summed E-state index contributed by atoms with van der Waals surface area (Å²) in [5, 5.41) is 19.6. The molecule has 3 aromatic carbocycles. The molecule has 0 aliphatic carbocycles. The smallest absolute Gasteiger partial charge is 0.324 e. The Kier molecular flexibility index (Phi) is 9.44. The summed E-state index contributed by atoms with van der Waals surface area (Å²) in [4.78, 5) is 23.2. The number of carbonyl (C=O) groups is 2. The zero-order valence-electron chi connectivity index (χ0n) is 23.7. The van der Waals surface area contributed by atoms with Gasteiger partial charge in [0.15, 0.2) is 0 Å². The summed E-state index contributed by atoms with van der Waals surface area (Å²) in [6.07, 6.45) is 0. The number of ether oxygens (including phenoxy) is 2.